The molecule has 2 aromatic carbocycles. The van der Waals surface area contributed by atoms with Gasteiger partial charge in [-0.3, -0.25) is 4.79 Å². The van der Waals surface area contributed by atoms with Gasteiger partial charge in [-0.15, -0.1) is 0 Å². The Morgan fingerprint density at radius 3 is 2.46 bits per heavy atom. The molecule has 1 N–H and O–H groups in total. The third-order valence-electron chi connectivity index (χ3n) is 3.78. The number of hydrogen-bond acceptors (Lipinski definition) is 4. The van der Waals surface area contributed by atoms with Crippen LogP contribution in [0.15, 0.2) is 35.9 Å². The van der Waals surface area contributed by atoms with Crippen molar-refractivity contribution in [2.45, 2.75) is 20.8 Å². The Labute approximate surface area is 174 Å². The van der Waals surface area contributed by atoms with Gasteiger partial charge in [-0.1, -0.05) is 29.3 Å². The molecular weight excluding hydrogens is 399 g/mol. The number of carbonyl (C=O) groups is 1. The number of halogens is 2. The molecule has 0 atom stereocenters. The fourth-order valence-corrected chi connectivity index (χ4v) is 2.83. The smallest absolute Gasteiger partial charge is 0.266 e. The Balaban J connectivity index is 2.40. The minimum atomic E-state index is -0.555. The number of amides is 1. The van der Waals surface area contributed by atoms with Crippen LogP contribution in [0, 0.1) is 18.3 Å². The van der Waals surface area contributed by atoms with Crippen molar-refractivity contribution < 1.29 is 14.3 Å². The molecule has 2 rings (SSSR count). The van der Waals surface area contributed by atoms with Crippen molar-refractivity contribution in [3.63, 3.8) is 0 Å². The summed E-state index contributed by atoms with van der Waals surface area (Å²) in [6, 6.07) is 10.3. The molecule has 0 radical (unpaired) electrons. The summed E-state index contributed by atoms with van der Waals surface area (Å²) >= 11 is 12.2. The summed E-state index contributed by atoms with van der Waals surface area (Å²) in [4.78, 5) is 12.6. The Bertz CT molecular complexity index is 949. The average Bonchev–Trinajstić information content (AvgIpc) is 2.66. The standard InChI is InChI=1S/C21H20Cl2N2O3/c1-4-27-19-11-20(28-5-2)17(23)9-14(19)8-15(12-24)21(26)25-18-10-16(22)7-6-13(18)3/h6-11H,4-5H2,1-3H3,(H,25,26)/b15-8+. The van der Waals surface area contributed by atoms with Crippen LogP contribution in [-0.4, -0.2) is 19.1 Å². The van der Waals surface area contributed by atoms with Gasteiger partial charge in [0.05, 0.1) is 18.2 Å². The molecule has 0 aromatic heterocycles. The number of aryl methyl sites for hydroxylation is 1. The van der Waals surface area contributed by atoms with Crippen LogP contribution in [0.25, 0.3) is 6.08 Å². The molecule has 0 aliphatic carbocycles. The molecule has 0 aliphatic rings. The zero-order valence-corrected chi connectivity index (χ0v) is 17.3. The van der Waals surface area contributed by atoms with Gasteiger partial charge >= 0.3 is 0 Å². The van der Waals surface area contributed by atoms with E-state index in [1.165, 1.54) is 6.08 Å². The van der Waals surface area contributed by atoms with E-state index in [-0.39, 0.29) is 5.57 Å². The topological polar surface area (TPSA) is 71.3 Å². The van der Waals surface area contributed by atoms with Crippen molar-refractivity contribution in [3.05, 3.63) is 57.1 Å². The van der Waals surface area contributed by atoms with Crippen molar-refractivity contribution in [2.75, 3.05) is 18.5 Å². The summed E-state index contributed by atoms with van der Waals surface area (Å²) in [5, 5.41) is 13.0. The summed E-state index contributed by atoms with van der Waals surface area (Å²) in [5.41, 5.74) is 1.77. The number of carbonyl (C=O) groups excluding carboxylic acids is 1. The lowest BCUT2D eigenvalue weighted by Gasteiger charge is -2.13. The number of anilines is 1. The average molecular weight is 419 g/mol. The SMILES string of the molecule is CCOc1cc(OCC)c(/C=C(\C#N)C(=O)Nc2cc(Cl)ccc2C)cc1Cl. The third-order valence-corrected chi connectivity index (χ3v) is 4.31. The Hall–Kier alpha value is -2.68. The molecule has 5 nitrogen and oxygen atoms in total. The molecular formula is C21H20Cl2N2O3. The van der Waals surface area contributed by atoms with Gasteiger partial charge in [0.1, 0.15) is 23.1 Å². The fourth-order valence-electron chi connectivity index (χ4n) is 2.43. The zero-order valence-electron chi connectivity index (χ0n) is 15.8. The minimum Gasteiger partial charge on any atom is -0.493 e. The van der Waals surface area contributed by atoms with Crippen molar-refractivity contribution in [1.82, 2.24) is 0 Å². The molecule has 0 fully saturated rings. The van der Waals surface area contributed by atoms with Crippen LogP contribution in [0.5, 0.6) is 11.5 Å². The van der Waals surface area contributed by atoms with E-state index < -0.39 is 5.91 Å². The summed E-state index contributed by atoms with van der Waals surface area (Å²) in [7, 11) is 0. The number of rotatable bonds is 7. The van der Waals surface area contributed by atoms with Gasteiger partial charge in [0.25, 0.3) is 5.91 Å². The first kappa shape index (κ1) is 21.6. The van der Waals surface area contributed by atoms with Gasteiger partial charge in [0.2, 0.25) is 0 Å². The second kappa shape index (κ2) is 10.0. The maximum atomic E-state index is 12.6. The first-order valence-electron chi connectivity index (χ1n) is 8.68. The number of nitrogens with zero attached hydrogens (tertiary/aromatic N) is 1. The quantitative estimate of drug-likeness (QED) is 0.465. The molecule has 0 saturated carbocycles. The third kappa shape index (κ3) is 5.41. The molecule has 0 aliphatic heterocycles. The van der Waals surface area contributed by atoms with E-state index >= 15 is 0 Å². The lowest BCUT2D eigenvalue weighted by molar-refractivity contribution is -0.112. The molecule has 0 unspecified atom stereocenters. The Morgan fingerprint density at radius 2 is 1.82 bits per heavy atom. The van der Waals surface area contributed by atoms with Crippen molar-refractivity contribution in [3.8, 4) is 17.6 Å². The minimum absolute atomic E-state index is 0.0967. The number of nitrogens with one attached hydrogen (secondary N) is 1. The number of hydrogen-bond donors (Lipinski definition) is 1. The van der Waals surface area contributed by atoms with Gasteiger partial charge in [0.15, 0.2) is 0 Å². The Morgan fingerprint density at radius 1 is 1.14 bits per heavy atom. The van der Waals surface area contributed by atoms with E-state index in [0.717, 1.165) is 5.56 Å². The van der Waals surface area contributed by atoms with E-state index in [1.54, 1.807) is 30.3 Å². The van der Waals surface area contributed by atoms with E-state index in [9.17, 15) is 10.1 Å². The summed E-state index contributed by atoms with van der Waals surface area (Å²) < 4.78 is 11.1. The maximum absolute atomic E-state index is 12.6. The zero-order chi connectivity index (χ0) is 20.7. The van der Waals surface area contributed by atoms with Gasteiger partial charge in [0, 0.05) is 22.3 Å². The molecule has 28 heavy (non-hydrogen) atoms. The molecule has 7 heteroatoms. The lowest BCUT2D eigenvalue weighted by Crippen LogP contribution is -2.14. The van der Waals surface area contributed by atoms with Gasteiger partial charge in [-0.25, -0.2) is 0 Å². The van der Waals surface area contributed by atoms with Crippen LogP contribution in [0.3, 0.4) is 0 Å². The monoisotopic (exact) mass is 418 g/mol. The molecule has 1 amide bonds. The first-order valence-corrected chi connectivity index (χ1v) is 9.43. The molecule has 0 spiro atoms. The normalized spacial score (nSPS) is 10.9. The van der Waals surface area contributed by atoms with Crippen molar-refractivity contribution in [2.24, 2.45) is 0 Å². The fraction of sp³-hybridized carbons (Fsp3) is 0.238. The van der Waals surface area contributed by atoms with Crippen LogP contribution in [0.1, 0.15) is 25.0 Å². The number of ether oxygens (including phenoxy) is 2. The highest BCUT2D eigenvalue weighted by atomic mass is 35.5. The first-order chi connectivity index (χ1) is 13.4. The van der Waals surface area contributed by atoms with E-state index in [1.807, 2.05) is 26.8 Å². The Kier molecular flexibility index (Phi) is 7.74. The van der Waals surface area contributed by atoms with Crippen molar-refractivity contribution >= 4 is 40.9 Å². The molecule has 146 valence electrons. The second-order valence-electron chi connectivity index (χ2n) is 5.77. The van der Waals surface area contributed by atoms with E-state index in [4.69, 9.17) is 32.7 Å². The predicted molar refractivity (Wildman–Crippen MR) is 112 cm³/mol. The molecule has 0 heterocycles. The van der Waals surface area contributed by atoms with Crippen LogP contribution < -0.4 is 14.8 Å². The highest BCUT2D eigenvalue weighted by Gasteiger charge is 2.15. The summed E-state index contributed by atoms with van der Waals surface area (Å²) in [5.74, 6) is 0.387. The largest absolute Gasteiger partial charge is 0.493 e. The second-order valence-corrected chi connectivity index (χ2v) is 6.61. The highest BCUT2D eigenvalue weighted by molar-refractivity contribution is 6.32. The van der Waals surface area contributed by atoms with Gasteiger partial charge in [-0.05, 0) is 50.6 Å². The summed E-state index contributed by atoms with van der Waals surface area (Å²) in [6.45, 7) is 6.37. The lowest BCUT2D eigenvalue weighted by atomic mass is 10.1. The molecule has 2 aromatic rings. The van der Waals surface area contributed by atoms with Crippen molar-refractivity contribution in [1.29, 1.82) is 5.26 Å². The van der Waals surface area contributed by atoms with Crippen LogP contribution in [0.2, 0.25) is 10.0 Å². The molecule has 0 saturated heterocycles. The summed E-state index contributed by atoms with van der Waals surface area (Å²) in [6.07, 6.45) is 1.43. The van der Waals surface area contributed by atoms with E-state index in [0.29, 0.717) is 46.0 Å². The number of benzene rings is 2. The molecule has 0 bridgehead atoms. The number of nitriles is 1. The van der Waals surface area contributed by atoms with Crippen LogP contribution in [-0.2, 0) is 4.79 Å². The maximum Gasteiger partial charge on any atom is 0.266 e. The predicted octanol–water partition coefficient (Wildman–Crippen LogP) is 5.64. The van der Waals surface area contributed by atoms with Crippen LogP contribution >= 0.6 is 23.2 Å². The van der Waals surface area contributed by atoms with Gasteiger partial charge in [-0.2, -0.15) is 5.26 Å². The van der Waals surface area contributed by atoms with Gasteiger partial charge < -0.3 is 14.8 Å². The van der Waals surface area contributed by atoms with E-state index in [2.05, 4.69) is 5.32 Å². The highest BCUT2D eigenvalue weighted by Crippen LogP contribution is 2.34. The van der Waals surface area contributed by atoms with Crippen LogP contribution in [0.4, 0.5) is 5.69 Å².